The second kappa shape index (κ2) is 8.28. The van der Waals surface area contributed by atoms with Crippen molar-refractivity contribution in [1.82, 2.24) is 14.9 Å². The molecule has 0 saturated heterocycles. The van der Waals surface area contributed by atoms with Crippen molar-refractivity contribution in [3.8, 4) is 16.2 Å². The molecule has 0 spiro atoms. The topological polar surface area (TPSA) is 73.2 Å². The minimum Gasteiger partial charge on any atom is -0.496 e. The van der Waals surface area contributed by atoms with Gasteiger partial charge in [-0.05, 0) is 17.7 Å². The van der Waals surface area contributed by atoms with E-state index in [1.165, 1.54) is 22.2 Å². The fourth-order valence-corrected chi connectivity index (χ4v) is 4.12. The number of aromatic nitrogens is 2. The van der Waals surface area contributed by atoms with E-state index >= 15 is 0 Å². The molecule has 0 atom stereocenters. The molecule has 4 aromatic rings. The molecule has 0 bridgehead atoms. The SMILES string of the molecule is COc1ccccc1CNC(=O)Cn1cnc2cc(-c3ccccc3)sc2c1=O. The quantitative estimate of drug-likeness (QED) is 0.533. The molecule has 0 saturated carbocycles. The van der Waals surface area contributed by atoms with Gasteiger partial charge in [0, 0.05) is 17.0 Å². The number of benzene rings is 2. The highest BCUT2D eigenvalue weighted by molar-refractivity contribution is 7.22. The van der Waals surface area contributed by atoms with Crippen LogP contribution in [-0.4, -0.2) is 22.6 Å². The van der Waals surface area contributed by atoms with Gasteiger partial charge in [-0.2, -0.15) is 0 Å². The van der Waals surface area contributed by atoms with Gasteiger partial charge in [-0.3, -0.25) is 14.2 Å². The molecule has 0 radical (unpaired) electrons. The molecule has 0 unspecified atom stereocenters. The van der Waals surface area contributed by atoms with E-state index in [2.05, 4.69) is 10.3 Å². The van der Waals surface area contributed by atoms with Crippen molar-refractivity contribution in [3.05, 3.63) is 82.9 Å². The molecule has 2 aromatic heterocycles. The maximum atomic E-state index is 12.8. The molecule has 2 heterocycles. The van der Waals surface area contributed by atoms with Crippen molar-refractivity contribution in [1.29, 1.82) is 0 Å². The van der Waals surface area contributed by atoms with E-state index in [4.69, 9.17) is 4.74 Å². The van der Waals surface area contributed by atoms with Crippen LogP contribution >= 0.6 is 11.3 Å². The zero-order valence-corrected chi connectivity index (χ0v) is 16.6. The molecule has 0 fully saturated rings. The number of para-hydroxylation sites is 1. The highest BCUT2D eigenvalue weighted by atomic mass is 32.1. The zero-order chi connectivity index (χ0) is 20.2. The van der Waals surface area contributed by atoms with Crippen LogP contribution in [0, 0.1) is 0 Å². The third-order valence-corrected chi connectivity index (χ3v) is 5.71. The average molecular weight is 405 g/mol. The number of fused-ring (bicyclic) bond motifs is 1. The van der Waals surface area contributed by atoms with E-state index in [1.54, 1.807) is 7.11 Å². The number of carbonyl (C=O) groups is 1. The van der Waals surface area contributed by atoms with Crippen molar-refractivity contribution < 1.29 is 9.53 Å². The Morgan fingerprint density at radius 1 is 1.14 bits per heavy atom. The summed E-state index contributed by atoms with van der Waals surface area (Å²) < 4.78 is 7.17. The second-order valence-electron chi connectivity index (χ2n) is 6.46. The third kappa shape index (κ3) is 4.05. The van der Waals surface area contributed by atoms with Gasteiger partial charge < -0.3 is 10.1 Å². The first-order valence-electron chi connectivity index (χ1n) is 9.08. The molecular weight excluding hydrogens is 386 g/mol. The molecule has 6 nitrogen and oxygen atoms in total. The van der Waals surface area contributed by atoms with Crippen LogP contribution in [0.15, 0.2) is 71.8 Å². The van der Waals surface area contributed by atoms with Crippen molar-refractivity contribution in [2.24, 2.45) is 0 Å². The Morgan fingerprint density at radius 3 is 2.69 bits per heavy atom. The summed E-state index contributed by atoms with van der Waals surface area (Å²) in [5, 5.41) is 2.83. The van der Waals surface area contributed by atoms with Crippen LogP contribution in [0.5, 0.6) is 5.75 Å². The van der Waals surface area contributed by atoms with Gasteiger partial charge in [0.15, 0.2) is 0 Å². The number of methoxy groups -OCH3 is 1. The summed E-state index contributed by atoms with van der Waals surface area (Å²) in [7, 11) is 1.59. The number of rotatable bonds is 6. The van der Waals surface area contributed by atoms with Crippen LogP contribution in [0.4, 0.5) is 0 Å². The first kappa shape index (κ1) is 18.9. The lowest BCUT2D eigenvalue weighted by molar-refractivity contribution is -0.121. The molecule has 146 valence electrons. The zero-order valence-electron chi connectivity index (χ0n) is 15.8. The summed E-state index contributed by atoms with van der Waals surface area (Å²) in [6, 6.07) is 19.2. The summed E-state index contributed by atoms with van der Waals surface area (Å²) in [6.07, 6.45) is 1.43. The minimum atomic E-state index is -0.265. The van der Waals surface area contributed by atoms with E-state index < -0.39 is 0 Å². The van der Waals surface area contributed by atoms with Crippen LogP contribution in [-0.2, 0) is 17.9 Å². The number of ether oxygens (including phenoxy) is 1. The number of hydrogen-bond acceptors (Lipinski definition) is 5. The highest BCUT2D eigenvalue weighted by Gasteiger charge is 2.13. The van der Waals surface area contributed by atoms with Crippen LogP contribution in [0.1, 0.15) is 5.56 Å². The van der Waals surface area contributed by atoms with Crippen molar-refractivity contribution >= 4 is 27.5 Å². The number of nitrogens with one attached hydrogen (secondary N) is 1. The van der Waals surface area contributed by atoms with Crippen LogP contribution < -0.4 is 15.6 Å². The molecule has 2 aromatic carbocycles. The van der Waals surface area contributed by atoms with Gasteiger partial charge in [0.2, 0.25) is 5.91 Å². The van der Waals surface area contributed by atoms with Gasteiger partial charge >= 0.3 is 0 Å². The standard InChI is InChI=1S/C22H19N3O3S/c1-28-18-10-6-5-9-16(18)12-23-20(26)13-25-14-24-17-11-19(29-21(17)22(25)27)15-7-3-2-4-8-15/h2-11,14H,12-13H2,1H3,(H,23,26). The van der Waals surface area contributed by atoms with E-state index in [0.717, 1.165) is 16.0 Å². The van der Waals surface area contributed by atoms with Crippen molar-refractivity contribution in [2.75, 3.05) is 7.11 Å². The van der Waals surface area contributed by atoms with Crippen molar-refractivity contribution in [2.45, 2.75) is 13.1 Å². The Bertz CT molecular complexity index is 1210. The van der Waals surface area contributed by atoms with E-state index in [9.17, 15) is 9.59 Å². The fourth-order valence-electron chi connectivity index (χ4n) is 3.06. The molecule has 0 aliphatic rings. The van der Waals surface area contributed by atoms with Gasteiger partial charge in [0.25, 0.3) is 5.56 Å². The molecular formula is C22H19N3O3S. The van der Waals surface area contributed by atoms with E-state index in [1.807, 2.05) is 60.7 Å². The predicted molar refractivity (Wildman–Crippen MR) is 114 cm³/mol. The Morgan fingerprint density at radius 2 is 1.90 bits per heavy atom. The largest absolute Gasteiger partial charge is 0.496 e. The highest BCUT2D eigenvalue weighted by Crippen LogP contribution is 2.30. The van der Waals surface area contributed by atoms with E-state index in [-0.39, 0.29) is 18.0 Å². The normalized spacial score (nSPS) is 10.8. The molecule has 1 amide bonds. The van der Waals surface area contributed by atoms with Crippen LogP contribution in [0.25, 0.3) is 20.7 Å². The Labute approximate surface area is 171 Å². The van der Waals surface area contributed by atoms with Gasteiger partial charge in [0.05, 0.1) is 19.0 Å². The lowest BCUT2D eigenvalue weighted by Crippen LogP contribution is -2.32. The second-order valence-corrected chi connectivity index (χ2v) is 7.51. The number of nitrogens with zero attached hydrogens (tertiary/aromatic N) is 2. The van der Waals surface area contributed by atoms with Gasteiger partial charge in [-0.15, -0.1) is 11.3 Å². The Kier molecular flexibility index (Phi) is 5.39. The van der Waals surface area contributed by atoms with Gasteiger partial charge in [0.1, 0.15) is 17.0 Å². The minimum absolute atomic E-state index is 0.0878. The number of carbonyl (C=O) groups excluding carboxylic acids is 1. The maximum absolute atomic E-state index is 12.8. The summed E-state index contributed by atoms with van der Waals surface area (Å²) in [6.45, 7) is 0.236. The molecule has 4 rings (SSSR count). The third-order valence-electron chi connectivity index (χ3n) is 4.54. The van der Waals surface area contributed by atoms with Crippen LogP contribution in [0.3, 0.4) is 0 Å². The summed E-state index contributed by atoms with van der Waals surface area (Å²) in [5.74, 6) is 0.444. The molecule has 29 heavy (non-hydrogen) atoms. The molecule has 0 aliphatic carbocycles. The number of amides is 1. The first-order valence-corrected chi connectivity index (χ1v) is 9.90. The Balaban J connectivity index is 1.51. The molecule has 7 heteroatoms. The van der Waals surface area contributed by atoms with E-state index in [0.29, 0.717) is 22.5 Å². The Hall–Kier alpha value is -3.45. The maximum Gasteiger partial charge on any atom is 0.271 e. The molecule has 0 aliphatic heterocycles. The fraction of sp³-hybridized carbons (Fsp3) is 0.136. The smallest absolute Gasteiger partial charge is 0.271 e. The van der Waals surface area contributed by atoms with Crippen molar-refractivity contribution in [3.63, 3.8) is 0 Å². The van der Waals surface area contributed by atoms with Gasteiger partial charge in [-0.1, -0.05) is 48.5 Å². The molecule has 1 N–H and O–H groups in total. The number of hydrogen-bond donors (Lipinski definition) is 1. The summed E-state index contributed by atoms with van der Waals surface area (Å²) in [4.78, 5) is 30.5. The average Bonchev–Trinajstić information content (AvgIpc) is 3.20. The summed E-state index contributed by atoms with van der Waals surface area (Å²) in [5.41, 5.74) is 2.34. The monoisotopic (exact) mass is 405 g/mol. The predicted octanol–water partition coefficient (Wildman–Crippen LogP) is 3.45. The first-order chi connectivity index (χ1) is 14.2. The lowest BCUT2D eigenvalue weighted by atomic mass is 10.2. The summed E-state index contributed by atoms with van der Waals surface area (Å²) >= 11 is 1.39. The van der Waals surface area contributed by atoms with Crippen LogP contribution in [0.2, 0.25) is 0 Å². The number of thiophene rings is 1. The van der Waals surface area contributed by atoms with Gasteiger partial charge in [-0.25, -0.2) is 4.98 Å². The lowest BCUT2D eigenvalue weighted by Gasteiger charge is -2.10.